The lowest BCUT2D eigenvalue weighted by molar-refractivity contribution is -0.145. The van der Waals surface area contributed by atoms with Crippen molar-refractivity contribution in [3.8, 4) is 0 Å². The predicted molar refractivity (Wildman–Crippen MR) is 91.6 cm³/mol. The van der Waals surface area contributed by atoms with Crippen LogP contribution in [0, 0.1) is 0 Å². The molecular weight excluding hydrogens is 330 g/mol. The molecule has 0 aromatic heterocycles. The first-order valence-corrected chi connectivity index (χ1v) is 8.41. The van der Waals surface area contributed by atoms with Crippen molar-refractivity contribution in [3.63, 3.8) is 0 Å². The molecule has 1 aliphatic heterocycles. The maximum absolute atomic E-state index is 12.5. The lowest BCUT2D eigenvalue weighted by Crippen LogP contribution is -2.58. The van der Waals surface area contributed by atoms with Gasteiger partial charge < -0.3 is 15.5 Å². The van der Waals surface area contributed by atoms with Gasteiger partial charge in [0.05, 0.1) is 6.42 Å². The molecule has 1 unspecified atom stereocenters. The molecule has 0 spiro atoms. The van der Waals surface area contributed by atoms with Crippen molar-refractivity contribution in [1.82, 2.24) is 15.5 Å². The number of hydrogen-bond acceptors (Lipinski definition) is 3. The van der Waals surface area contributed by atoms with Crippen LogP contribution in [0.2, 0.25) is 5.02 Å². The number of rotatable bonds is 6. The number of halogens is 1. The van der Waals surface area contributed by atoms with Gasteiger partial charge in [-0.3, -0.25) is 14.4 Å². The molecule has 2 N–H and O–H groups in total. The van der Waals surface area contributed by atoms with Crippen molar-refractivity contribution in [2.24, 2.45) is 0 Å². The Balaban J connectivity index is 1.89. The molecule has 6 nitrogen and oxygen atoms in total. The van der Waals surface area contributed by atoms with Gasteiger partial charge in [0.1, 0.15) is 6.04 Å². The molecule has 1 aromatic rings. The molecule has 3 amide bonds. The molecule has 0 saturated carbocycles. The summed E-state index contributed by atoms with van der Waals surface area (Å²) in [5, 5.41) is 5.89. The van der Waals surface area contributed by atoms with Crippen LogP contribution in [-0.2, 0) is 20.8 Å². The summed E-state index contributed by atoms with van der Waals surface area (Å²) in [5.74, 6) is -0.611. The highest BCUT2D eigenvalue weighted by Crippen LogP contribution is 2.15. The SMILES string of the molecule is CNC(=O)CC1C(=O)NCCN1C(=O)CCCc1ccc(Cl)cc1. The van der Waals surface area contributed by atoms with E-state index in [1.807, 2.05) is 24.3 Å². The Morgan fingerprint density at radius 1 is 1.33 bits per heavy atom. The fourth-order valence-electron chi connectivity index (χ4n) is 2.73. The van der Waals surface area contributed by atoms with Gasteiger partial charge in [0.15, 0.2) is 0 Å². The molecule has 0 bridgehead atoms. The quantitative estimate of drug-likeness (QED) is 0.806. The zero-order valence-corrected chi connectivity index (χ0v) is 14.4. The summed E-state index contributed by atoms with van der Waals surface area (Å²) in [5.41, 5.74) is 1.12. The summed E-state index contributed by atoms with van der Waals surface area (Å²) in [4.78, 5) is 37.6. The number of hydrogen-bond donors (Lipinski definition) is 2. The Kier molecular flexibility index (Phi) is 6.61. The van der Waals surface area contributed by atoms with Crippen LogP contribution >= 0.6 is 11.6 Å². The van der Waals surface area contributed by atoms with Crippen LogP contribution in [0.1, 0.15) is 24.8 Å². The van der Waals surface area contributed by atoms with Gasteiger partial charge in [-0.05, 0) is 30.5 Å². The second kappa shape index (κ2) is 8.68. The van der Waals surface area contributed by atoms with E-state index in [0.29, 0.717) is 31.0 Å². The third-order valence-corrected chi connectivity index (χ3v) is 4.33. The smallest absolute Gasteiger partial charge is 0.243 e. The Labute approximate surface area is 146 Å². The average molecular weight is 352 g/mol. The van der Waals surface area contributed by atoms with Gasteiger partial charge >= 0.3 is 0 Å². The summed E-state index contributed by atoms with van der Waals surface area (Å²) in [6.07, 6.45) is 1.79. The Morgan fingerprint density at radius 3 is 2.71 bits per heavy atom. The number of nitrogens with zero attached hydrogens (tertiary/aromatic N) is 1. The van der Waals surface area contributed by atoms with Gasteiger partial charge in [-0.15, -0.1) is 0 Å². The van der Waals surface area contributed by atoms with Crippen LogP contribution < -0.4 is 10.6 Å². The first-order chi connectivity index (χ1) is 11.5. The zero-order valence-electron chi connectivity index (χ0n) is 13.7. The summed E-state index contributed by atoms with van der Waals surface area (Å²) in [6, 6.07) is 6.81. The summed E-state index contributed by atoms with van der Waals surface area (Å²) < 4.78 is 0. The van der Waals surface area contributed by atoms with E-state index in [1.54, 1.807) is 0 Å². The Morgan fingerprint density at radius 2 is 2.04 bits per heavy atom. The number of carbonyl (C=O) groups is 3. The topological polar surface area (TPSA) is 78.5 Å². The van der Waals surface area contributed by atoms with E-state index in [2.05, 4.69) is 10.6 Å². The van der Waals surface area contributed by atoms with Crippen molar-refractivity contribution in [1.29, 1.82) is 0 Å². The van der Waals surface area contributed by atoms with E-state index >= 15 is 0 Å². The Hall–Kier alpha value is -2.08. The molecule has 1 atom stereocenters. The van der Waals surface area contributed by atoms with Crippen LogP contribution in [-0.4, -0.2) is 48.8 Å². The maximum atomic E-state index is 12.5. The third-order valence-electron chi connectivity index (χ3n) is 4.08. The summed E-state index contributed by atoms with van der Waals surface area (Å²) in [6.45, 7) is 0.860. The lowest BCUT2D eigenvalue weighted by atomic mass is 10.0. The number of aryl methyl sites for hydroxylation is 1. The van der Waals surface area contributed by atoms with E-state index < -0.39 is 6.04 Å². The standard InChI is InChI=1S/C17H22ClN3O3/c1-19-15(22)11-14-17(24)20-9-10-21(14)16(23)4-2-3-12-5-7-13(18)8-6-12/h5-8,14H,2-4,9-11H2,1H3,(H,19,22)(H,20,24). The van der Waals surface area contributed by atoms with E-state index in [9.17, 15) is 14.4 Å². The van der Waals surface area contributed by atoms with E-state index in [4.69, 9.17) is 11.6 Å². The van der Waals surface area contributed by atoms with Gasteiger partial charge in [-0.25, -0.2) is 0 Å². The number of nitrogens with one attached hydrogen (secondary N) is 2. The van der Waals surface area contributed by atoms with Gasteiger partial charge in [-0.1, -0.05) is 23.7 Å². The molecule has 0 aliphatic carbocycles. The van der Waals surface area contributed by atoms with Gasteiger partial charge in [0.2, 0.25) is 17.7 Å². The van der Waals surface area contributed by atoms with E-state index in [-0.39, 0.29) is 24.1 Å². The fourth-order valence-corrected chi connectivity index (χ4v) is 2.86. The molecule has 7 heteroatoms. The minimum atomic E-state index is -0.721. The van der Waals surface area contributed by atoms with E-state index in [0.717, 1.165) is 12.0 Å². The molecular formula is C17H22ClN3O3. The van der Waals surface area contributed by atoms with Crippen molar-refractivity contribution in [3.05, 3.63) is 34.9 Å². The number of piperazine rings is 1. The predicted octanol–water partition coefficient (Wildman–Crippen LogP) is 1.13. The molecule has 1 aliphatic rings. The van der Waals surface area contributed by atoms with Crippen molar-refractivity contribution >= 4 is 29.3 Å². The molecule has 24 heavy (non-hydrogen) atoms. The van der Waals surface area contributed by atoms with Crippen molar-refractivity contribution in [2.45, 2.75) is 31.7 Å². The zero-order chi connectivity index (χ0) is 17.5. The van der Waals surface area contributed by atoms with Crippen LogP contribution in [0.15, 0.2) is 24.3 Å². The molecule has 2 rings (SSSR count). The largest absolute Gasteiger partial charge is 0.359 e. The molecule has 0 radical (unpaired) electrons. The van der Waals surface area contributed by atoms with Gasteiger partial charge in [0, 0.05) is 31.6 Å². The highest BCUT2D eigenvalue weighted by Gasteiger charge is 2.33. The Bertz CT molecular complexity index is 604. The van der Waals surface area contributed by atoms with Crippen LogP contribution in [0.3, 0.4) is 0 Å². The number of benzene rings is 1. The summed E-state index contributed by atoms with van der Waals surface area (Å²) in [7, 11) is 1.52. The average Bonchev–Trinajstić information content (AvgIpc) is 2.58. The fraction of sp³-hybridized carbons (Fsp3) is 0.471. The van der Waals surface area contributed by atoms with E-state index in [1.165, 1.54) is 11.9 Å². The first kappa shape index (κ1) is 18.3. The van der Waals surface area contributed by atoms with Gasteiger partial charge in [0.25, 0.3) is 0 Å². The maximum Gasteiger partial charge on any atom is 0.243 e. The van der Waals surface area contributed by atoms with Crippen LogP contribution in [0.4, 0.5) is 0 Å². The molecule has 130 valence electrons. The number of amides is 3. The minimum Gasteiger partial charge on any atom is -0.359 e. The van der Waals surface area contributed by atoms with Crippen molar-refractivity contribution in [2.75, 3.05) is 20.1 Å². The summed E-state index contributed by atoms with van der Waals surface area (Å²) >= 11 is 5.85. The van der Waals surface area contributed by atoms with Crippen LogP contribution in [0.25, 0.3) is 0 Å². The molecule has 1 heterocycles. The van der Waals surface area contributed by atoms with Crippen LogP contribution in [0.5, 0.6) is 0 Å². The molecule has 1 fully saturated rings. The van der Waals surface area contributed by atoms with Crippen molar-refractivity contribution < 1.29 is 14.4 Å². The second-order valence-corrected chi connectivity index (χ2v) is 6.19. The molecule has 1 aromatic carbocycles. The highest BCUT2D eigenvalue weighted by molar-refractivity contribution is 6.30. The second-order valence-electron chi connectivity index (χ2n) is 5.75. The monoisotopic (exact) mass is 351 g/mol. The number of carbonyl (C=O) groups excluding carboxylic acids is 3. The lowest BCUT2D eigenvalue weighted by Gasteiger charge is -2.34. The molecule has 1 saturated heterocycles. The normalized spacial score (nSPS) is 17.3. The third kappa shape index (κ3) is 4.96. The van der Waals surface area contributed by atoms with Gasteiger partial charge in [-0.2, -0.15) is 0 Å². The first-order valence-electron chi connectivity index (χ1n) is 8.03. The minimum absolute atomic E-state index is 0.00867. The highest BCUT2D eigenvalue weighted by atomic mass is 35.5.